The largest absolute Gasteiger partial charge is 0.506 e. The fourth-order valence-electron chi connectivity index (χ4n) is 1.87. The van der Waals surface area contributed by atoms with E-state index in [9.17, 15) is 9.90 Å². The van der Waals surface area contributed by atoms with Crippen LogP contribution >= 0.6 is 15.9 Å². The molecule has 0 radical (unpaired) electrons. The van der Waals surface area contributed by atoms with Gasteiger partial charge in [0.05, 0.1) is 10.0 Å². The molecule has 2 nitrogen and oxygen atoms in total. The Hall–Kier alpha value is -1.61. The van der Waals surface area contributed by atoms with Crippen LogP contribution in [0.15, 0.2) is 40.9 Å². The average molecular weight is 305 g/mol. The average Bonchev–Trinajstić information content (AvgIpc) is 2.37. The number of hydrogen-bond acceptors (Lipinski definition) is 2. The Balaban J connectivity index is 2.62. The van der Waals surface area contributed by atoms with Gasteiger partial charge in [0.25, 0.3) is 0 Å². The number of carbonyl (C=O) groups is 1. The number of phenols is 1. The Bertz CT molecular complexity index is 577. The summed E-state index contributed by atoms with van der Waals surface area (Å²) in [6.07, 6.45) is 0. The summed E-state index contributed by atoms with van der Waals surface area (Å²) < 4.78 is 0.546. The first kappa shape index (κ1) is 12.8. The van der Waals surface area contributed by atoms with Crippen molar-refractivity contribution in [2.45, 2.75) is 13.8 Å². The van der Waals surface area contributed by atoms with Crippen LogP contribution in [0, 0.1) is 13.8 Å². The Morgan fingerprint density at radius 1 is 1.17 bits per heavy atom. The molecule has 92 valence electrons. The van der Waals surface area contributed by atoms with Crippen molar-refractivity contribution in [2.24, 2.45) is 0 Å². The first-order valence-electron chi connectivity index (χ1n) is 5.60. The number of aryl methyl sites for hydroxylation is 1. The van der Waals surface area contributed by atoms with Crippen molar-refractivity contribution in [1.29, 1.82) is 0 Å². The zero-order valence-electron chi connectivity index (χ0n) is 10.2. The van der Waals surface area contributed by atoms with Crippen molar-refractivity contribution in [2.75, 3.05) is 0 Å². The van der Waals surface area contributed by atoms with Crippen LogP contribution in [-0.2, 0) is 0 Å². The molecule has 2 aromatic rings. The van der Waals surface area contributed by atoms with Crippen molar-refractivity contribution >= 4 is 21.7 Å². The van der Waals surface area contributed by atoms with Gasteiger partial charge in [0, 0.05) is 5.56 Å². The van der Waals surface area contributed by atoms with Crippen LogP contribution in [0.1, 0.15) is 27.0 Å². The quantitative estimate of drug-likeness (QED) is 0.851. The van der Waals surface area contributed by atoms with Crippen molar-refractivity contribution in [3.8, 4) is 5.75 Å². The zero-order valence-corrected chi connectivity index (χ0v) is 11.8. The zero-order chi connectivity index (χ0) is 13.3. The third-order valence-electron chi connectivity index (χ3n) is 3.04. The molecule has 0 saturated carbocycles. The lowest BCUT2D eigenvalue weighted by Gasteiger charge is -2.12. The highest BCUT2D eigenvalue weighted by molar-refractivity contribution is 9.10. The number of aromatic hydroxyl groups is 1. The molecule has 0 atom stereocenters. The second-order valence-corrected chi connectivity index (χ2v) is 5.07. The van der Waals surface area contributed by atoms with Gasteiger partial charge in [0.1, 0.15) is 5.75 Å². The minimum absolute atomic E-state index is 0.00644. The number of phenolic OH excluding ortho intramolecular Hbond substituents is 1. The number of hydrogen-bond donors (Lipinski definition) is 1. The van der Waals surface area contributed by atoms with Crippen LogP contribution in [0.2, 0.25) is 0 Å². The second-order valence-electron chi connectivity index (χ2n) is 4.22. The van der Waals surface area contributed by atoms with E-state index in [1.807, 2.05) is 38.1 Å². The van der Waals surface area contributed by atoms with Crippen molar-refractivity contribution in [3.05, 3.63) is 63.1 Å². The maximum atomic E-state index is 12.4. The molecule has 2 aromatic carbocycles. The van der Waals surface area contributed by atoms with E-state index in [-0.39, 0.29) is 11.5 Å². The monoisotopic (exact) mass is 304 g/mol. The van der Waals surface area contributed by atoms with E-state index in [1.165, 1.54) is 0 Å². The predicted octanol–water partition coefficient (Wildman–Crippen LogP) is 4.00. The second kappa shape index (κ2) is 4.94. The van der Waals surface area contributed by atoms with Gasteiger partial charge in [-0.2, -0.15) is 0 Å². The highest BCUT2D eigenvalue weighted by atomic mass is 79.9. The van der Waals surface area contributed by atoms with E-state index in [0.717, 1.165) is 11.1 Å². The lowest BCUT2D eigenvalue weighted by atomic mass is 9.95. The molecule has 0 aliphatic rings. The third kappa shape index (κ3) is 2.18. The van der Waals surface area contributed by atoms with Gasteiger partial charge in [-0.25, -0.2) is 0 Å². The third-order valence-corrected chi connectivity index (χ3v) is 3.64. The molecule has 0 unspecified atom stereocenters. The summed E-state index contributed by atoms with van der Waals surface area (Å²) in [5.74, 6) is -0.151. The highest BCUT2D eigenvalue weighted by Gasteiger charge is 2.19. The van der Waals surface area contributed by atoms with Crippen molar-refractivity contribution in [1.82, 2.24) is 0 Å². The molecule has 0 saturated heterocycles. The Morgan fingerprint density at radius 2 is 1.78 bits per heavy atom. The number of benzene rings is 2. The molecule has 0 aliphatic heterocycles. The standard InChI is InChI=1S/C15H13BrO2/c1-9-8-12(16)15(18)13(10(9)2)14(17)11-6-4-3-5-7-11/h3-8,18H,1-2H3. The van der Waals surface area contributed by atoms with Gasteiger partial charge in [-0.1, -0.05) is 30.3 Å². The Labute approximate surface area is 114 Å². The highest BCUT2D eigenvalue weighted by Crippen LogP contribution is 2.34. The summed E-state index contributed by atoms with van der Waals surface area (Å²) in [5.41, 5.74) is 2.73. The Morgan fingerprint density at radius 3 is 2.39 bits per heavy atom. The fourth-order valence-corrected chi connectivity index (χ4v) is 2.41. The minimum Gasteiger partial charge on any atom is -0.506 e. The van der Waals surface area contributed by atoms with Crippen LogP contribution in [0.4, 0.5) is 0 Å². The number of ketones is 1. The van der Waals surface area contributed by atoms with Crippen LogP contribution in [-0.4, -0.2) is 10.9 Å². The maximum Gasteiger partial charge on any atom is 0.197 e. The summed E-state index contributed by atoms with van der Waals surface area (Å²) in [6.45, 7) is 3.76. The number of carbonyl (C=O) groups excluding carboxylic acids is 1. The topological polar surface area (TPSA) is 37.3 Å². The van der Waals surface area contributed by atoms with Gasteiger partial charge >= 0.3 is 0 Å². The fraction of sp³-hybridized carbons (Fsp3) is 0.133. The van der Waals surface area contributed by atoms with Gasteiger partial charge in [0.2, 0.25) is 0 Å². The molecule has 3 heteroatoms. The minimum atomic E-state index is -0.157. The van der Waals surface area contributed by atoms with Gasteiger partial charge < -0.3 is 5.11 Å². The summed E-state index contributed by atoms with van der Waals surface area (Å²) in [4.78, 5) is 12.4. The molecule has 2 rings (SSSR count). The predicted molar refractivity (Wildman–Crippen MR) is 75.2 cm³/mol. The van der Waals surface area contributed by atoms with Crippen LogP contribution in [0.3, 0.4) is 0 Å². The molecular formula is C15H13BrO2. The first-order chi connectivity index (χ1) is 8.52. The maximum absolute atomic E-state index is 12.4. The SMILES string of the molecule is Cc1cc(Br)c(O)c(C(=O)c2ccccc2)c1C. The van der Waals surface area contributed by atoms with Crippen LogP contribution < -0.4 is 0 Å². The van der Waals surface area contributed by atoms with Gasteiger partial charge in [0.15, 0.2) is 5.78 Å². The molecule has 0 amide bonds. The molecular weight excluding hydrogens is 292 g/mol. The van der Waals surface area contributed by atoms with E-state index in [1.54, 1.807) is 12.1 Å². The van der Waals surface area contributed by atoms with E-state index >= 15 is 0 Å². The van der Waals surface area contributed by atoms with E-state index in [2.05, 4.69) is 15.9 Å². The molecule has 0 heterocycles. The van der Waals surface area contributed by atoms with Gasteiger partial charge in [-0.3, -0.25) is 4.79 Å². The first-order valence-corrected chi connectivity index (χ1v) is 6.40. The van der Waals surface area contributed by atoms with E-state index in [4.69, 9.17) is 0 Å². The number of halogens is 1. The summed E-state index contributed by atoms with van der Waals surface area (Å²) in [6, 6.07) is 10.8. The molecule has 18 heavy (non-hydrogen) atoms. The normalized spacial score (nSPS) is 10.4. The van der Waals surface area contributed by atoms with Crippen molar-refractivity contribution in [3.63, 3.8) is 0 Å². The smallest absolute Gasteiger partial charge is 0.197 e. The molecule has 0 spiro atoms. The molecule has 0 aromatic heterocycles. The number of rotatable bonds is 2. The van der Waals surface area contributed by atoms with Crippen LogP contribution in [0.25, 0.3) is 0 Å². The lowest BCUT2D eigenvalue weighted by Crippen LogP contribution is -2.05. The van der Waals surface area contributed by atoms with Gasteiger partial charge in [-0.05, 0) is 47.0 Å². The molecule has 1 N–H and O–H groups in total. The van der Waals surface area contributed by atoms with E-state index < -0.39 is 0 Å². The molecule has 0 bridgehead atoms. The summed E-state index contributed by atoms with van der Waals surface area (Å²) >= 11 is 3.27. The van der Waals surface area contributed by atoms with Crippen molar-refractivity contribution < 1.29 is 9.90 Å². The lowest BCUT2D eigenvalue weighted by molar-refractivity contribution is 0.103. The van der Waals surface area contributed by atoms with Gasteiger partial charge in [-0.15, -0.1) is 0 Å². The van der Waals surface area contributed by atoms with E-state index in [0.29, 0.717) is 15.6 Å². The molecule has 0 fully saturated rings. The summed E-state index contributed by atoms with van der Waals surface area (Å²) in [5, 5.41) is 10.1. The molecule has 0 aliphatic carbocycles. The van der Waals surface area contributed by atoms with Crippen LogP contribution in [0.5, 0.6) is 5.75 Å². The Kier molecular flexibility index (Phi) is 3.53. The summed E-state index contributed by atoms with van der Waals surface area (Å²) in [7, 11) is 0.